The van der Waals surface area contributed by atoms with Crippen LogP contribution in [0.2, 0.25) is 0 Å². The zero-order chi connectivity index (χ0) is 28.2. The fourth-order valence-electron chi connectivity index (χ4n) is 4.69. The lowest BCUT2D eigenvalue weighted by Gasteiger charge is -2.16. The van der Waals surface area contributed by atoms with Gasteiger partial charge in [-0.05, 0) is 36.1 Å². The van der Waals surface area contributed by atoms with E-state index in [4.69, 9.17) is 5.73 Å². The van der Waals surface area contributed by atoms with Crippen molar-refractivity contribution < 1.29 is 9.59 Å². The highest BCUT2D eigenvalue weighted by Crippen LogP contribution is 2.26. The normalized spacial score (nSPS) is 12.0. The fourth-order valence-corrected chi connectivity index (χ4v) is 5.21. The zero-order valence-corrected chi connectivity index (χ0v) is 22.8. The van der Waals surface area contributed by atoms with E-state index in [0.29, 0.717) is 35.7 Å². The van der Waals surface area contributed by atoms with E-state index in [9.17, 15) is 9.59 Å². The first-order valence-corrected chi connectivity index (χ1v) is 14.0. The maximum absolute atomic E-state index is 12.9. The Bertz CT molecular complexity index is 1830. The maximum Gasteiger partial charge on any atom is 0.263 e. The molecule has 0 fully saturated rings. The predicted molar refractivity (Wildman–Crippen MR) is 157 cm³/mol. The Balaban J connectivity index is 1.11. The quantitative estimate of drug-likeness (QED) is 0.180. The van der Waals surface area contributed by atoms with Gasteiger partial charge in [-0.25, -0.2) is 9.97 Å². The number of amides is 2. The molecule has 12 heteroatoms. The Morgan fingerprint density at radius 3 is 2.73 bits per heavy atom. The number of nitrogens with zero attached hydrogens (tertiary/aromatic N) is 5. The van der Waals surface area contributed by atoms with E-state index < -0.39 is 0 Å². The van der Waals surface area contributed by atoms with Gasteiger partial charge in [0, 0.05) is 24.4 Å². The van der Waals surface area contributed by atoms with Gasteiger partial charge in [0.1, 0.15) is 16.5 Å². The molecule has 5 N–H and O–H groups in total. The molecule has 2 amide bonds. The Morgan fingerprint density at radius 1 is 1.00 bits per heavy atom. The number of anilines is 1. The third kappa shape index (κ3) is 5.63. The number of carbonyl (C=O) groups excluding carboxylic acids is 2. The third-order valence-electron chi connectivity index (χ3n) is 6.85. The molecule has 11 nitrogen and oxygen atoms in total. The Kier molecular flexibility index (Phi) is 7.37. The average Bonchev–Trinajstić information content (AvgIpc) is 3.78. The number of imidazole rings is 1. The van der Waals surface area contributed by atoms with E-state index in [0.717, 1.165) is 23.1 Å². The summed E-state index contributed by atoms with van der Waals surface area (Å²) in [6.45, 7) is 0.436. The number of rotatable bonds is 10. The molecular weight excluding hydrogens is 538 g/mol. The topological polar surface area (TPSA) is 156 Å². The molecule has 0 aliphatic heterocycles. The molecule has 206 valence electrons. The summed E-state index contributed by atoms with van der Waals surface area (Å²) in [5.41, 5.74) is 10.5. The number of H-pyrrole nitrogens is 1. The largest absolute Gasteiger partial charge is 0.383 e. The van der Waals surface area contributed by atoms with Gasteiger partial charge in [-0.3, -0.25) is 14.6 Å². The van der Waals surface area contributed by atoms with Crippen LogP contribution in [0.15, 0.2) is 78.8 Å². The van der Waals surface area contributed by atoms with Crippen molar-refractivity contribution in [3.05, 3.63) is 95.1 Å². The van der Waals surface area contributed by atoms with Gasteiger partial charge in [0.2, 0.25) is 0 Å². The number of hydrogen-bond acceptors (Lipinski definition) is 8. The van der Waals surface area contributed by atoms with Crippen LogP contribution in [0, 0.1) is 0 Å². The number of aromatic nitrogens is 6. The van der Waals surface area contributed by atoms with Gasteiger partial charge in [0.15, 0.2) is 5.65 Å². The molecule has 2 aromatic carbocycles. The summed E-state index contributed by atoms with van der Waals surface area (Å²) in [5, 5.41) is 12.4. The van der Waals surface area contributed by atoms with E-state index >= 15 is 0 Å². The Hall–Kier alpha value is -5.10. The SMILES string of the molecule is Nc1c(C(=O)NCCCC[C@H](NC(=O)c2cncs2)c2ncc(-c3ccc4ccccc4c3)[nH]2)cnc2ccnn12. The van der Waals surface area contributed by atoms with Gasteiger partial charge in [-0.15, -0.1) is 11.3 Å². The predicted octanol–water partition coefficient (Wildman–Crippen LogP) is 4.38. The summed E-state index contributed by atoms with van der Waals surface area (Å²) in [6, 6.07) is 15.8. The fraction of sp³-hybridized carbons (Fsp3) is 0.172. The van der Waals surface area contributed by atoms with E-state index in [1.807, 2.05) is 12.1 Å². The first kappa shape index (κ1) is 26.1. The molecule has 0 saturated heterocycles. The number of hydrogen-bond donors (Lipinski definition) is 4. The molecule has 0 spiro atoms. The summed E-state index contributed by atoms with van der Waals surface area (Å²) >= 11 is 1.28. The Morgan fingerprint density at radius 2 is 1.88 bits per heavy atom. The van der Waals surface area contributed by atoms with E-state index in [1.165, 1.54) is 27.4 Å². The lowest BCUT2D eigenvalue weighted by Crippen LogP contribution is -2.29. The molecule has 6 aromatic rings. The summed E-state index contributed by atoms with van der Waals surface area (Å²) in [5.74, 6) is 0.393. The van der Waals surface area contributed by atoms with Gasteiger partial charge in [-0.2, -0.15) is 9.61 Å². The molecule has 0 unspecified atom stereocenters. The van der Waals surface area contributed by atoms with Gasteiger partial charge in [0.05, 0.1) is 41.4 Å². The van der Waals surface area contributed by atoms with Crippen LogP contribution in [0.4, 0.5) is 5.82 Å². The number of nitrogens with one attached hydrogen (secondary N) is 3. The number of nitrogens with two attached hydrogens (primary N) is 1. The van der Waals surface area contributed by atoms with Gasteiger partial charge in [-0.1, -0.05) is 36.4 Å². The minimum Gasteiger partial charge on any atom is -0.383 e. The van der Waals surface area contributed by atoms with Gasteiger partial charge >= 0.3 is 0 Å². The molecule has 1 atom stereocenters. The molecule has 0 aliphatic rings. The van der Waals surface area contributed by atoms with Crippen molar-refractivity contribution in [3.63, 3.8) is 0 Å². The third-order valence-corrected chi connectivity index (χ3v) is 7.62. The van der Waals surface area contributed by atoms with E-state index in [2.05, 4.69) is 66.0 Å². The molecule has 0 radical (unpaired) electrons. The molecule has 4 aromatic heterocycles. The maximum atomic E-state index is 12.9. The molecule has 0 saturated carbocycles. The second kappa shape index (κ2) is 11.6. The number of nitrogen functional groups attached to an aromatic ring is 1. The minimum atomic E-state index is -0.350. The van der Waals surface area contributed by atoms with Crippen molar-refractivity contribution in [1.82, 2.24) is 40.2 Å². The second-order valence-electron chi connectivity index (χ2n) is 9.55. The summed E-state index contributed by atoms with van der Waals surface area (Å²) in [7, 11) is 0. The lowest BCUT2D eigenvalue weighted by atomic mass is 10.1. The number of benzene rings is 2. The lowest BCUT2D eigenvalue weighted by molar-refractivity contribution is 0.0935. The van der Waals surface area contributed by atoms with Crippen molar-refractivity contribution in [1.29, 1.82) is 0 Å². The molecule has 4 heterocycles. The van der Waals surface area contributed by atoms with Crippen LogP contribution >= 0.6 is 11.3 Å². The highest BCUT2D eigenvalue weighted by atomic mass is 32.1. The highest BCUT2D eigenvalue weighted by molar-refractivity contribution is 7.11. The van der Waals surface area contributed by atoms with Crippen LogP contribution in [0.5, 0.6) is 0 Å². The molecule has 0 aliphatic carbocycles. The van der Waals surface area contributed by atoms with Gasteiger partial charge in [0.25, 0.3) is 11.8 Å². The van der Waals surface area contributed by atoms with Crippen LogP contribution in [0.1, 0.15) is 51.2 Å². The van der Waals surface area contributed by atoms with Gasteiger partial charge < -0.3 is 21.4 Å². The average molecular weight is 566 g/mol. The van der Waals surface area contributed by atoms with E-state index in [1.54, 1.807) is 30.2 Å². The number of thiazole rings is 1. The van der Waals surface area contributed by atoms with Crippen LogP contribution in [0.25, 0.3) is 27.7 Å². The summed E-state index contributed by atoms with van der Waals surface area (Å²) in [4.78, 5) is 42.4. The monoisotopic (exact) mass is 565 g/mol. The van der Waals surface area contributed by atoms with Crippen molar-refractivity contribution in [3.8, 4) is 11.3 Å². The molecular formula is C29H27N9O2S. The molecule has 41 heavy (non-hydrogen) atoms. The smallest absolute Gasteiger partial charge is 0.263 e. The summed E-state index contributed by atoms with van der Waals surface area (Å²) < 4.78 is 1.43. The van der Waals surface area contributed by atoms with Crippen LogP contribution in [0.3, 0.4) is 0 Å². The molecule has 6 rings (SSSR count). The van der Waals surface area contributed by atoms with Crippen LogP contribution in [-0.4, -0.2) is 47.9 Å². The van der Waals surface area contributed by atoms with Crippen molar-refractivity contribution in [2.45, 2.75) is 25.3 Å². The molecule has 0 bridgehead atoms. The van der Waals surface area contributed by atoms with Crippen molar-refractivity contribution in [2.24, 2.45) is 0 Å². The zero-order valence-electron chi connectivity index (χ0n) is 21.9. The number of fused-ring (bicyclic) bond motifs is 2. The van der Waals surface area contributed by atoms with Crippen molar-refractivity contribution in [2.75, 3.05) is 12.3 Å². The van der Waals surface area contributed by atoms with Crippen molar-refractivity contribution >= 4 is 45.4 Å². The number of carbonyl (C=O) groups is 2. The minimum absolute atomic E-state index is 0.202. The first-order chi connectivity index (χ1) is 20.1. The number of aromatic amines is 1. The van der Waals surface area contributed by atoms with E-state index in [-0.39, 0.29) is 29.2 Å². The standard InChI is InChI=1S/C29H27N9O2S/c30-26-21(14-33-25-10-12-35-38(25)26)28(39)32-11-4-3-7-22(37-29(40)24-16-31-17-41-24)27-34-15-23(36-27)20-9-8-18-5-1-2-6-19(18)13-20/h1-2,5-6,8-10,12-17,22H,3-4,7,11,30H2,(H,32,39)(H,34,36)(H,37,40)/t22-/m0/s1. The Labute approximate surface area is 238 Å². The highest BCUT2D eigenvalue weighted by Gasteiger charge is 2.20. The van der Waals surface area contributed by atoms with Crippen LogP contribution < -0.4 is 16.4 Å². The second-order valence-corrected chi connectivity index (χ2v) is 10.4. The van der Waals surface area contributed by atoms with Crippen LogP contribution in [-0.2, 0) is 0 Å². The summed E-state index contributed by atoms with van der Waals surface area (Å²) in [6.07, 6.45) is 8.41. The number of unbranched alkanes of at least 4 members (excludes halogenated alkanes) is 1. The first-order valence-electron chi connectivity index (χ1n) is 13.2.